The average molecular weight is 423 g/mol. The van der Waals surface area contributed by atoms with Crippen LogP contribution < -0.4 is 16.0 Å². The van der Waals surface area contributed by atoms with E-state index >= 15 is 0 Å². The van der Waals surface area contributed by atoms with Gasteiger partial charge in [0.15, 0.2) is 0 Å². The molecule has 0 aliphatic carbocycles. The molecule has 6 rings (SSSR count). The minimum atomic E-state index is -0.453. The van der Waals surface area contributed by atoms with E-state index in [1.807, 2.05) is 6.92 Å². The normalized spacial score (nSPS) is 15.3. The number of pyridine rings is 1. The van der Waals surface area contributed by atoms with E-state index in [-0.39, 0.29) is 5.91 Å². The molecule has 154 valence electrons. The van der Waals surface area contributed by atoms with Crippen LogP contribution in [0.15, 0.2) is 24.3 Å². The number of carbonyl (C=O) groups excluding carboxylic acids is 2. The molecule has 1 aromatic carbocycles. The molecule has 0 unspecified atom stereocenters. The Morgan fingerprint density at radius 2 is 2.03 bits per heavy atom. The summed E-state index contributed by atoms with van der Waals surface area (Å²) in [6.07, 6.45) is 2.27. The van der Waals surface area contributed by atoms with Crippen molar-refractivity contribution in [2.45, 2.75) is 25.7 Å². The fraction of sp³-hybridized carbons (Fsp3) is 0.318. The van der Waals surface area contributed by atoms with E-state index in [0.29, 0.717) is 27.7 Å². The zero-order chi connectivity index (χ0) is 21.0. The largest absolute Gasteiger partial charge is 0.465 e. The number of amides is 1. The second-order valence-electron chi connectivity index (χ2n) is 7.83. The Morgan fingerprint density at radius 3 is 2.77 bits per heavy atom. The smallest absolute Gasteiger partial charge is 0.337 e. The van der Waals surface area contributed by atoms with E-state index in [4.69, 9.17) is 15.5 Å². The molecule has 1 saturated heterocycles. The number of hydrogen-bond acceptors (Lipinski definition) is 7. The topological polar surface area (TPSA) is 97.5 Å². The number of methoxy groups -OCH3 is 1. The van der Waals surface area contributed by atoms with E-state index < -0.39 is 5.97 Å². The number of anilines is 3. The number of thiophene rings is 1. The van der Waals surface area contributed by atoms with Crippen LogP contribution in [0.3, 0.4) is 0 Å². The predicted molar refractivity (Wildman–Crippen MR) is 119 cm³/mol. The Morgan fingerprint density at radius 1 is 1.27 bits per heavy atom. The number of benzene rings is 1. The van der Waals surface area contributed by atoms with E-state index in [0.717, 1.165) is 53.1 Å². The van der Waals surface area contributed by atoms with E-state index in [1.54, 1.807) is 18.2 Å². The van der Waals surface area contributed by atoms with Crippen LogP contribution >= 0.6 is 11.3 Å². The van der Waals surface area contributed by atoms with Gasteiger partial charge in [-0.15, -0.1) is 11.3 Å². The highest BCUT2D eigenvalue weighted by atomic mass is 32.1. The van der Waals surface area contributed by atoms with Crippen LogP contribution in [-0.2, 0) is 4.74 Å². The lowest BCUT2D eigenvalue weighted by Crippen LogP contribution is -2.39. The number of esters is 1. The van der Waals surface area contributed by atoms with Gasteiger partial charge in [0, 0.05) is 30.1 Å². The minimum Gasteiger partial charge on any atom is -0.465 e. The lowest BCUT2D eigenvalue weighted by molar-refractivity contribution is 0.0600. The first-order chi connectivity index (χ1) is 14.5. The molecule has 0 radical (unpaired) electrons. The third kappa shape index (κ3) is 2.90. The van der Waals surface area contributed by atoms with Crippen molar-refractivity contribution < 1.29 is 14.3 Å². The molecule has 2 bridgehead atoms. The zero-order valence-corrected chi connectivity index (χ0v) is 17.6. The summed E-state index contributed by atoms with van der Waals surface area (Å²) in [6, 6.07) is 7.15. The molecule has 8 heteroatoms. The summed E-state index contributed by atoms with van der Waals surface area (Å²) in [6.45, 7) is 3.97. The van der Waals surface area contributed by atoms with Gasteiger partial charge in [-0.25, -0.2) is 9.78 Å². The number of fused-ring (bicyclic) bond motifs is 3. The number of nitrogen functional groups attached to an aromatic ring is 1. The molecule has 3 aromatic rings. The number of ether oxygens (including phenoxy) is 1. The van der Waals surface area contributed by atoms with Crippen LogP contribution in [0.25, 0.3) is 10.2 Å². The lowest BCUT2D eigenvalue weighted by Gasteiger charge is -2.41. The number of nitrogens with one attached hydrogen (secondary N) is 1. The van der Waals surface area contributed by atoms with Crippen molar-refractivity contribution in [2.24, 2.45) is 0 Å². The van der Waals surface area contributed by atoms with Gasteiger partial charge >= 0.3 is 5.97 Å². The standard InChI is InChI=1S/C22H22N4O3S/c1-11-3-4-13(22(28)29-2)9-15(11)24-20(27)19-17(23)14-10-16-18(25-21(14)30-19)12-5-7-26(16)8-6-12/h3-4,9-10,12H,5-8,23H2,1-2H3,(H,24,27). The Bertz CT molecular complexity index is 1190. The summed E-state index contributed by atoms with van der Waals surface area (Å²) >= 11 is 1.31. The Labute approximate surface area is 177 Å². The number of nitrogens with zero attached hydrogens (tertiary/aromatic N) is 2. The second-order valence-corrected chi connectivity index (χ2v) is 8.83. The summed E-state index contributed by atoms with van der Waals surface area (Å²) in [7, 11) is 1.33. The Balaban J connectivity index is 1.50. The fourth-order valence-electron chi connectivity index (χ4n) is 4.34. The first kappa shape index (κ1) is 18.9. The predicted octanol–water partition coefficient (Wildman–Crippen LogP) is 3.92. The molecular formula is C22H22N4O3S. The average Bonchev–Trinajstić information content (AvgIpc) is 3.10. The maximum absolute atomic E-state index is 13.0. The molecule has 1 amide bonds. The van der Waals surface area contributed by atoms with Gasteiger partial charge in [0.25, 0.3) is 5.91 Å². The number of hydrogen-bond donors (Lipinski definition) is 2. The highest BCUT2D eigenvalue weighted by Crippen LogP contribution is 2.45. The van der Waals surface area contributed by atoms with Crippen LogP contribution in [0.5, 0.6) is 0 Å². The first-order valence-electron chi connectivity index (χ1n) is 9.94. The van der Waals surface area contributed by atoms with Gasteiger partial charge in [-0.3, -0.25) is 4.79 Å². The minimum absolute atomic E-state index is 0.304. The van der Waals surface area contributed by atoms with E-state index in [9.17, 15) is 9.59 Å². The van der Waals surface area contributed by atoms with Crippen LogP contribution in [0.1, 0.15) is 50.0 Å². The number of aromatic nitrogens is 1. The quantitative estimate of drug-likeness (QED) is 0.621. The monoisotopic (exact) mass is 422 g/mol. The van der Waals surface area contributed by atoms with Crippen molar-refractivity contribution in [3.63, 3.8) is 0 Å². The van der Waals surface area contributed by atoms with E-state index in [1.165, 1.54) is 18.4 Å². The van der Waals surface area contributed by atoms with Gasteiger partial charge < -0.3 is 20.7 Å². The molecule has 0 spiro atoms. The van der Waals surface area contributed by atoms with Gasteiger partial charge in [0.2, 0.25) is 0 Å². The van der Waals surface area contributed by atoms with Crippen molar-refractivity contribution in [1.29, 1.82) is 0 Å². The molecule has 1 fully saturated rings. The fourth-order valence-corrected chi connectivity index (χ4v) is 5.32. The summed E-state index contributed by atoms with van der Waals surface area (Å²) < 4.78 is 4.77. The van der Waals surface area contributed by atoms with Gasteiger partial charge in [-0.05, 0) is 43.5 Å². The lowest BCUT2D eigenvalue weighted by atomic mass is 9.86. The third-order valence-electron chi connectivity index (χ3n) is 6.06. The molecule has 3 N–H and O–H groups in total. The number of carbonyl (C=O) groups is 2. The maximum atomic E-state index is 13.0. The number of nitrogens with two attached hydrogens (primary N) is 1. The number of aryl methyl sites for hydroxylation is 1. The molecule has 3 aliphatic rings. The maximum Gasteiger partial charge on any atom is 0.337 e. The van der Waals surface area contributed by atoms with Crippen LogP contribution in [0, 0.1) is 6.92 Å². The molecule has 3 aliphatic heterocycles. The SMILES string of the molecule is COC(=O)c1ccc(C)c(NC(=O)c2sc3nc4c(cc3c2N)N2CCC4CC2)c1. The van der Waals surface area contributed by atoms with Crippen LogP contribution in [0.2, 0.25) is 0 Å². The molecule has 5 heterocycles. The van der Waals surface area contributed by atoms with Gasteiger partial charge in [-0.1, -0.05) is 6.07 Å². The molecule has 30 heavy (non-hydrogen) atoms. The van der Waals surface area contributed by atoms with Gasteiger partial charge in [-0.2, -0.15) is 0 Å². The highest BCUT2D eigenvalue weighted by Gasteiger charge is 2.33. The van der Waals surface area contributed by atoms with Crippen molar-refractivity contribution >= 4 is 50.5 Å². The van der Waals surface area contributed by atoms with Crippen molar-refractivity contribution in [3.05, 3.63) is 46.0 Å². The Hall–Kier alpha value is -3.13. The van der Waals surface area contributed by atoms with Gasteiger partial charge in [0.05, 0.1) is 29.7 Å². The third-order valence-corrected chi connectivity index (χ3v) is 7.18. The van der Waals surface area contributed by atoms with Crippen LogP contribution in [-0.4, -0.2) is 37.1 Å². The number of rotatable bonds is 3. The van der Waals surface area contributed by atoms with Crippen molar-refractivity contribution in [3.8, 4) is 0 Å². The number of piperidine rings is 1. The summed E-state index contributed by atoms with van der Waals surface area (Å²) in [5.41, 5.74) is 10.9. The Kier molecular flexibility index (Phi) is 4.39. The molecular weight excluding hydrogens is 400 g/mol. The van der Waals surface area contributed by atoms with Crippen LogP contribution in [0.4, 0.5) is 17.1 Å². The molecule has 7 nitrogen and oxygen atoms in total. The summed E-state index contributed by atoms with van der Waals surface area (Å²) in [5.74, 6) is -0.258. The first-order valence-corrected chi connectivity index (χ1v) is 10.8. The molecule has 2 aromatic heterocycles. The highest BCUT2D eigenvalue weighted by molar-refractivity contribution is 7.21. The van der Waals surface area contributed by atoms with Crippen molar-refractivity contribution in [1.82, 2.24) is 4.98 Å². The molecule has 0 saturated carbocycles. The summed E-state index contributed by atoms with van der Waals surface area (Å²) in [4.78, 5) is 33.3. The van der Waals surface area contributed by atoms with Crippen molar-refractivity contribution in [2.75, 3.05) is 36.1 Å². The molecule has 0 atom stereocenters. The summed E-state index contributed by atoms with van der Waals surface area (Å²) in [5, 5.41) is 3.72. The zero-order valence-electron chi connectivity index (χ0n) is 16.8. The second kappa shape index (κ2) is 6.98. The van der Waals surface area contributed by atoms with Gasteiger partial charge in [0.1, 0.15) is 9.71 Å². The van der Waals surface area contributed by atoms with E-state index in [2.05, 4.69) is 16.3 Å².